The third-order valence-corrected chi connectivity index (χ3v) is 4.15. The lowest BCUT2D eigenvalue weighted by Crippen LogP contribution is -2.07. The molecule has 0 radical (unpaired) electrons. The van der Waals surface area contributed by atoms with E-state index < -0.39 is 10.9 Å². The smallest absolute Gasteiger partial charge is 0.363 e. The van der Waals surface area contributed by atoms with Crippen molar-refractivity contribution >= 4 is 23.6 Å². The average molecular weight is 366 g/mol. The molecule has 1 heterocycles. The third-order valence-electron chi connectivity index (χ3n) is 4.15. The minimum Gasteiger partial charge on any atom is -0.496 e. The lowest BCUT2D eigenvalue weighted by Gasteiger charge is -2.06. The van der Waals surface area contributed by atoms with Crippen molar-refractivity contribution in [3.05, 3.63) is 75.0 Å². The molecule has 3 rings (SSSR count). The van der Waals surface area contributed by atoms with Gasteiger partial charge < -0.3 is 9.47 Å². The first-order chi connectivity index (χ1) is 12.9. The van der Waals surface area contributed by atoms with E-state index in [-0.39, 0.29) is 22.8 Å². The van der Waals surface area contributed by atoms with Crippen LogP contribution in [-0.4, -0.2) is 23.9 Å². The molecule has 0 bridgehead atoms. The molecule has 0 aliphatic carbocycles. The zero-order valence-electron chi connectivity index (χ0n) is 15.1. The van der Waals surface area contributed by atoms with Crippen LogP contribution >= 0.6 is 0 Å². The Labute approximate surface area is 156 Å². The number of nitrogens with zero attached hydrogens (tertiary/aromatic N) is 2. The van der Waals surface area contributed by atoms with Crippen LogP contribution in [0.4, 0.5) is 5.69 Å². The van der Waals surface area contributed by atoms with Crippen molar-refractivity contribution in [3.8, 4) is 5.75 Å². The van der Waals surface area contributed by atoms with E-state index in [2.05, 4.69) is 18.8 Å². The number of nitro benzene ring substituents is 1. The van der Waals surface area contributed by atoms with Gasteiger partial charge in [0.15, 0.2) is 5.70 Å². The highest BCUT2D eigenvalue weighted by Gasteiger charge is 2.27. The maximum atomic E-state index is 12.2. The molecule has 0 unspecified atom stereocenters. The van der Waals surface area contributed by atoms with Gasteiger partial charge in [0.05, 0.1) is 17.6 Å². The van der Waals surface area contributed by atoms with Crippen LogP contribution in [0.2, 0.25) is 0 Å². The van der Waals surface area contributed by atoms with Gasteiger partial charge in [-0.3, -0.25) is 10.1 Å². The fourth-order valence-electron chi connectivity index (χ4n) is 2.64. The summed E-state index contributed by atoms with van der Waals surface area (Å²) in [4.78, 5) is 26.9. The lowest BCUT2D eigenvalue weighted by molar-refractivity contribution is -0.384. The molecule has 0 spiro atoms. The number of methoxy groups -OCH3 is 1. The van der Waals surface area contributed by atoms with Crippen LogP contribution in [0.15, 0.2) is 53.2 Å². The Bertz CT molecular complexity index is 959. The third kappa shape index (κ3) is 3.87. The number of cyclic esters (lactones) is 1. The van der Waals surface area contributed by atoms with Crippen LogP contribution in [0.25, 0.3) is 6.08 Å². The second-order valence-electron chi connectivity index (χ2n) is 6.30. The Morgan fingerprint density at radius 3 is 2.48 bits per heavy atom. The maximum absolute atomic E-state index is 12.2. The highest BCUT2D eigenvalue weighted by atomic mass is 16.6. The van der Waals surface area contributed by atoms with Gasteiger partial charge in [-0.2, -0.15) is 0 Å². The summed E-state index contributed by atoms with van der Waals surface area (Å²) in [7, 11) is 1.43. The molecule has 2 aromatic rings. The van der Waals surface area contributed by atoms with E-state index in [9.17, 15) is 14.9 Å². The Morgan fingerprint density at radius 2 is 1.89 bits per heavy atom. The summed E-state index contributed by atoms with van der Waals surface area (Å²) in [6.45, 7) is 4.20. The Kier molecular flexibility index (Phi) is 5.03. The number of hydrogen-bond acceptors (Lipinski definition) is 6. The topological polar surface area (TPSA) is 91.0 Å². The summed E-state index contributed by atoms with van der Waals surface area (Å²) >= 11 is 0. The molecule has 2 aromatic carbocycles. The number of esters is 1. The molecular formula is C20H18N2O5. The predicted molar refractivity (Wildman–Crippen MR) is 101 cm³/mol. The zero-order valence-corrected chi connectivity index (χ0v) is 15.1. The van der Waals surface area contributed by atoms with E-state index in [0.717, 1.165) is 5.56 Å². The van der Waals surface area contributed by atoms with E-state index in [0.29, 0.717) is 11.7 Å². The molecule has 138 valence electrons. The van der Waals surface area contributed by atoms with Crippen molar-refractivity contribution in [2.24, 2.45) is 4.99 Å². The number of carbonyl (C=O) groups excluding carboxylic acids is 1. The largest absolute Gasteiger partial charge is 0.496 e. The number of aliphatic imine (C=N–C) groups is 1. The van der Waals surface area contributed by atoms with Crippen molar-refractivity contribution in [3.63, 3.8) is 0 Å². The predicted octanol–water partition coefficient (Wildman–Crippen LogP) is 4.07. The average Bonchev–Trinajstić information content (AvgIpc) is 3.02. The highest BCUT2D eigenvalue weighted by molar-refractivity contribution is 6.14. The molecule has 1 aliphatic rings. The number of hydrogen-bond donors (Lipinski definition) is 0. The number of ether oxygens (including phenoxy) is 2. The summed E-state index contributed by atoms with van der Waals surface area (Å²) in [6, 6.07) is 11.8. The first-order valence-corrected chi connectivity index (χ1v) is 8.34. The molecular weight excluding hydrogens is 348 g/mol. The molecule has 27 heavy (non-hydrogen) atoms. The molecule has 0 atom stereocenters. The summed E-state index contributed by atoms with van der Waals surface area (Å²) in [5, 5.41) is 11.0. The molecule has 7 heteroatoms. The SMILES string of the molecule is COc1ccc([N+](=O)[O-])cc1C1=N/C(=C/c2ccc(C(C)C)cc2)C(=O)O1. The molecule has 7 nitrogen and oxygen atoms in total. The minimum atomic E-state index is -0.619. The summed E-state index contributed by atoms with van der Waals surface area (Å²) in [5.74, 6) is 0.0980. The number of benzene rings is 2. The maximum Gasteiger partial charge on any atom is 0.363 e. The molecule has 1 aliphatic heterocycles. The normalized spacial score (nSPS) is 15.0. The van der Waals surface area contributed by atoms with E-state index in [1.165, 1.54) is 30.9 Å². The second-order valence-corrected chi connectivity index (χ2v) is 6.30. The van der Waals surface area contributed by atoms with Crippen molar-refractivity contribution in [2.45, 2.75) is 19.8 Å². The van der Waals surface area contributed by atoms with E-state index in [1.807, 2.05) is 24.3 Å². The van der Waals surface area contributed by atoms with Crippen LogP contribution in [-0.2, 0) is 9.53 Å². The standard InChI is InChI=1S/C20H18N2O5/c1-12(2)14-6-4-13(5-7-14)10-17-20(23)27-19(21-17)16-11-15(22(24)25)8-9-18(16)26-3/h4-12H,1-3H3/b17-10+. The van der Waals surface area contributed by atoms with E-state index in [1.54, 1.807) is 6.08 Å². The van der Waals surface area contributed by atoms with Crippen molar-refractivity contribution < 1.29 is 19.2 Å². The Balaban J connectivity index is 1.96. The van der Waals surface area contributed by atoms with Gasteiger partial charge in [-0.15, -0.1) is 0 Å². The first-order valence-electron chi connectivity index (χ1n) is 8.34. The monoisotopic (exact) mass is 366 g/mol. The quantitative estimate of drug-likeness (QED) is 0.344. The van der Waals surface area contributed by atoms with Crippen molar-refractivity contribution in [2.75, 3.05) is 7.11 Å². The van der Waals surface area contributed by atoms with E-state index >= 15 is 0 Å². The molecule has 0 saturated carbocycles. The number of rotatable bonds is 5. The fourth-order valence-corrected chi connectivity index (χ4v) is 2.64. The summed E-state index contributed by atoms with van der Waals surface area (Å²) < 4.78 is 10.4. The summed E-state index contributed by atoms with van der Waals surface area (Å²) in [6.07, 6.45) is 1.61. The van der Waals surface area contributed by atoms with Crippen LogP contribution < -0.4 is 4.74 Å². The number of non-ortho nitro benzene ring substituents is 1. The van der Waals surface area contributed by atoms with Crippen LogP contribution in [0, 0.1) is 10.1 Å². The van der Waals surface area contributed by atoms with Gasteiger partial charge in [-0.1, -0.05) is 38.1 Å². The Hall–Kier alpha value is -3.48. The van der Waals surface area contributed by atoms with E-state index in [4.69, 9.17) is 9.47 Å². The highest BCUT2D eigenvalue weighted by Crippen LogP contribution is 2.28. The van der Waals surface area contributed by atoms with Gasteiger partial charge in [0.2, 0.25) is 5.90 Å². The van der Waals surface area contributed by atoms with Crippen molar-refractivity contribution in [1.82, 2.24) is 0 Å². The number of nitro groups is 1. The van der Waals surface area contributed by atoms with Gasteiger partial charge in [-0.05, 0) is 29.2 Å². The summed E-state index contributed by atoms with van der Waals surface area (Å²) in [5.41, 5.74) is 2.22. The Morgan fingerprint density at radius 1 is 1.19 bits per heavy atom. The number of carbonyl (C=O) groups is 1. The first kappa shape index (κ1) is 18.3. The fraction of sp³-hybridized carbons (Fsp3) is 0.200. The lowest BCUT2D eigenvalue weighted by atomic mass is 10.0. The molecule has 0 fully saturated rings. The van der Waals surface area contributed by atoms with Crippen LogP contribution in [0.5, 0.6) is 5.75 Å². The molecule has 0 N–H and O–H groups in total. The minimum absolute atomic E-state index is 0.0226. The van der Waals surface area contributed by atoms with Crippen LogP contribution in [0.1, 0.15) is 36.5 Å². The molecule has 0 saturated heterocycles. The van der Waals surface area contributed by atoms with Gasteiger partial charge in [0.25, 0.3) is 5.69 Å². The van der Waals surface area contributed by atoms with Gasteiger partial charge in [0.1, 0.15) is 5.75 Å². The van der Waals surface area contributed by atoms with Gasteiger partial charge in [-0.25, -0.2) is 9.79 Å². The second kappa shape index (κ2) is 7.41. The molecule has 0 amide bonds. The van der Waals surface area contributed by atoms with Gasteiger partial charge in [0, 0.05) is 12.1 Å². The van der Waals surface area contributed by atoms with Gasteiger partial charge >= 0.3 is 5.97 Å². The van der Waals surface area contributed by atoms with Crippen LogP contribution in [0.3, 0.4) is 0 Å². The zero-order chi connectivity index (χ0) is 19.6. The molecule has 0 aromatic heterocycles. The van der Waals surface area contributed by atoms with Crippen molar-refractivity contribution in [1.29, 1.82) is 0 Å².